The Labute approximate surface area is 211 Å². The predicted molar refractivity (Wildman–Crippen MR) is 130 cm³/mol. The fraction of sp³-hybridized carbons (Fsp3) is 1.00. The van der Waals surface area contributed by atoms with Crippen molar-refractivity contribution >= 4 is 0 Å². The van der Waals surface area contributed by atoms with Crippen LogP contribution in [-0.2, 0) is 42.6 Å². The summed E-state index contributed by atoms with van der Waals surface area (Å²) in [6.45, 7) is 10.1. The van der Waals surface area contributed by atoms with Gasteiger partial charge in [-0.2, -0.15) is 0 Å². The van der Waals surface area contributed by atoms with Gasteiger partial charge in [0.1, 0.15) is 0 Å². The predicted octanol–water partition coefficient (Wildman–Crippen LogP) is 0.681. The van der Waals surface area contributed by atoms with Gasteiger partial charge in [-0.05, 0) is 25.7 Å². The average Bonchev–Trinajstić information content (AvgIpc) is 2.87. The number of hydrogen-bond donors (Lipinski definition) is 2. The van der Waals surface area contributed by atoms with Crippen molar-refractivity contribution in [2.45, 2.75) is 25.7 Å². The average molecular weight is 515 g/mol. The van der Waals surface area contributed by atoms with Gasteiger partial charge in [-0.1, -0.05) is 0 Å². The second kappa shape index (κ2) is 33.6. The van der Waals surface area contributed by atoms with E-state index in [1.165, 1.54) is 0 Å². The van der Waals surface area contributed by atoms with Gasteiger partial charge in [0.15, 0.2) is 0 Å². The molecule has 0 saturated heterocycles. The molecule has 0 aromatic carbocycles. The van der Waals surface area contributed by atoms with Crippen molar-refractivity contribution in [2.24, 2.45) is 0 Å². The van der Waals surface area contributed by atoms with Crippen molar-refractivity contribution in [1.82, 2.24) is 0 Å². The molecule has 35 heavy (non-hydrogen) atoms. The molecular weight excluding hydrogens is 464 g/mol. The number of ether oxygens (including phenoxy) is 9. The molecule has 0 fully saturated rings. The summed E-state index contributed by atoms with van der Waals surface area (Å²) < 4.78 is 48.3. The van der Waals surface area contributed by atoms with Gasteiger partial charge in [0, 0.05) is 26.4 Å². The van der Waals surface area contributed by atoms with Crippen molar-refractivity contribution in [2.75, 3.05) is 132 Å². The first-order valence-electron chi connectivity index (χ1n) is 12.8. The lowest BCUT2D eigenvalue weighted by Crippen LogP contribution is -2.13. The molecule has 0 amide bonds. The van der Waals surface area contributed by atoms with E-state index >= 15 is 0 Å². The molecule has 0 aliphatic carbocycles. The van der Waals surface area contributed by atoms with E-state index in [-0.39, 0.29) is 13.2 Å². The summed E-state index contributed by atoms with van der Waals surface area (Å²) in [6.07, 6.45) is 3.92. The van der Waals surface area contributed by atoms with Crippen LogP contribution in [0, 0.1) is 0 Å². The standard InChI is InChI=1S/C24H50O11/c25-5-11-30-15-19-34-23-21-32-17-13-28-9-3-1-7-27-8-2-4-10-29-14-18-33-22-24-35-20-16-31-12-6-26/h25-26H,1-24H2. The monoisotopic (exact) mass is 514 g/mol. The van der Waals surface area contributed by atoms with Crippen LogP contribution in [0.2, 0.25) is 0 Å². The SMILES string of the molecule is OCCOCCOCCOCCOCCCCOCCCCOCCOCCOCCOCCO. The smallest absolute Gasteiger partial charge is 0.0701 e. The van der Waals surface area contributed by atoms with Gasteiger partial charge in [0.05, 0.1) is 106 Å². The lowest BCUT2D eigenvalue weighted by molar-refractivity contribution is -0.00670. The Morgan fingerprint density at radius 1 is 0.229 bits per heavy atom. The molecule has 0 rings (SSSR count). The van der Waals surface area contributed by atoms with E-state index in [1.807, 2.05) is 0 Å². The summed E-state index contributed by atoms with van der Waals surface area (Å²) in [5, 5.41) is 17.1. The molecule has 0 heterocycles. The Bertz CT molecular complexity index is 332. The fourth-order valence-electron chi connectivity index (χ4n) is 2.57. The maximum Gasteiger partial charge on any atom is 0.0701 e. The number of hydrogen-bond acceptors (Lipinski definition) is 11. The molecule has 0 aliphatic rings. The third kappa shape index (κ3) is 33.6. The second-order valence-electron chi connectivity index (χ2n) is 7.37. The van der Waals surface area contributed by atoms with E-state index in [9.17, 15) is 0 Å². The van der Waals surface area contributed by atoms with E-state index in [0.29, 0.717) is 106 Å². The van der Waals surface area contributed by atoms with Gasteiger partial charge in [-0.3, -0.25) is 0 Å². The van der Waals surface area contributed by atoms with E-state index in [4.69, 9.17) is 52.8 Å². The topological polar surface area (TPSA) is 124 Å². The lowest BCUT2D eigenvalue weighted by atomic mass is 10.3. The third-order valence-corrected chi connectivity index (χ3v) is 4.36. The molecule has 0 spiro atoms. The molecule has 0 atom stereocenters. The van der Waals surface area contributed by atoms with Gasteiger partial charge in [-0.25, -0.2) is 0 Å². The van der Waals surface area contributed by atoms with E-state index in [2.05, 4.69) is 0 Å². The van der Waals surface area contributed by atoms with Crippen LogP contribution in [0.25, 0.3) is 0 Å². The second-order valence-corrected chi connectivity index (χ2v) is 7.37. The number of aliphatic hydroxyl groups excluding tert-OH is 2. The largest absolute Gasteiger partial charge is 0.394 e. The third-order valence-electron chi connectivity index (χ3n) is 4.36. The molecule has 212 valence electrons. The zero-order chi connectivity index (χ0) is 25.3. The highest BCUT2D eigenvalue weighted by atomic mass is 16.6. The minimum Gasteiger partial charge on any atom is -0.394 e. The highest BCUT2D eigenvalue weighted by molar-refractivity contribution is 4.42. The first kappa shape index (κ1) is 34.6. The van der Waals surface area contributed by atoms with Crippen LogP contribution in [0.3, 0.4) is 0 Å². The molecule has 11 heteroatoms. The van der Waals surface area contributed by atoms with Crippen LogP contribution in [0.4, 0.5) is 0 Å². The van der Waals surface area contributed by atoms with Gasteiger partial charge < -0.3 is 52.8 Å². The Hall–Kier alpha value is -0.440. The van der Waals surface area contributed by atoms with Crippen LogP contribution < -0.4 is 0 Å². The molecular formula is C24H50O11. The molecule has 11 nitrogen and oxygen atoms in total. The van der Waals surface area contributed by atoms with Crippen LogP contribution in [0.5, 0.6) is 0 Å². The summed E-state index contributed by atoms with van der Waals surface area (Å²) in [5.41, 5.74) is 0. The summed E-state index contributed by atoms with van der Waals surface area (Å²) in [7, 11) is 0. The summed E-state index contributed by atoms with van der Waals surface area (Å²) in [6, 6.07) is 0. The maximum absolute atomic E-state index is 8.56. The molecule has 0 aromatic rings. The minimum atomic E-state index is 0.0359. The summed E-state index contributed by atoms with van der Waals surface area (Å²) >= 11 is 0. The van der Waals surface area contributed by atoms with Gasteiger partial charge in [-0.15, -0.1) is 0 Å². The molecule has 0 aromatic heterocycles. The Balaban J connectivity index is 3.00. The zero-order valence-corrected chi connectivity index (χ0v) is 21.5. The van der Waals surface area contributed by atoms with Gasteiger partial charge >= 0.3 is 0 Å². The molecule has 0 saturated carbocycles. The van der Waals surface area contributed by atoms with Gasteiger partial charge in [0.25, 0.3) is 0 Å². The number of aliphatic hydroxyl groups is 2. The highest BCUT2D eigenvalue weighted by Gasteiger charge is 1.96. The Morgan fingerprint density at radius 2 is 0.400 bits per heavy atom. The van der Waals surface area contributed by atoms with Gasteiger partial charge in [0.2, 0.25) is 0 Å². The fourth-order valence-corrected chi connectivity index (χ4v) is 2.57. The Kier molecular flexibility index (Phi) is 33.1. The molecule has 0 aliphatic heterocycles. The van der Waals surface area contributed by atoms with Crippen LogP contribution in [0.1, 0.15) is 25.7 Å². The number of rotatable bonds is 32. The molecule has 0 radical (unpaired) electrons. The summed E-state index contributed by atoms with van der Waals surface area (Å²) in [4.78, 5) is 0. The van der Waals surface area contributed by atoms with Crippen molar-refractivity contribution in [1.29, 1.82) is 0 Å². The summed E-state index contributed by atoms with van der Waals surface area (Å²) in [5.74, 6) is 0. The number of unbranched alkanes of at least 4 members (excludes halogenated alkanes) is 2. The van der Waals surface area contributed by atoms with E-state index in [1.54, 1.807) is 0 Å². The van der Waals surface area contributed by atoms with Crippen molar-refractivity contribution in [3.63, 3.8) is 0 Å². The molecule has 2 N–H and O–H groups in total. The van der Waals surface area contributed by atoms with Crippen molar-refractivity contribution in [3.8, 4) is 0 Å². The maximum atomic E-state index is 8.56. The quantitative estimate of drug-likeness (QED) is 0.123. The first-order valence-corrected chi connectivity index (χ1v) is 12.8. The Morgan fingerprint density at radius 3 is 0.629 bits per heavy atom. The highest BCUT2D eigenvalue weighted by Crippen LogP contribution is 1.96. The van der Waals surface area contributed by atoms with Crippen LogP contribution in [0.15, 0.2) is 0 Å². The molecule has 0 unspecified atom stereocenters. The van der Waals surface area contributed by atoms with E-state index in [0.717, 1.165) is 38.9 Å². The van der Waals surface area contributed by atoms with Crippen molar-refractivity contribution < 1.29 is 52.8 Å². The minimum absolute atomic E-state index is 0.0359. The van der Waals surface area contributed by atoms with Crippen LogP contribution >= 0.6 is 0 Å². The van der Waals surface area contributed by atoms with Crippen molar-refractivity contribution in [3.05, 3.63) is 0 Å². The van der Waals surface area contributed by atoms with Crippen LogP contribution in [-0.4, -0.2) is 142 Å². The first-order chi connectivity index (χ1) is 17.4. The normalized spacial score (nSPS) is 11.5. The lowest BCUT2D eigenvalue weighted by Gasteiger charge is -2.08. The zero-order valence-electron chi connectivity index (χ0n) is 21.5. The molecule has 0 bridgehead atoms. The van der Waals surface area contributed by atoms with E-state index < -0.39 is 0 Å².